The Bertz CT molecular complexity index is 977. The zero-order valence-electron chi connectivity index (χ0n) is 14.1. The number of halogens is 2. The summed E-state index contributed by atoms with van der Waals surface area (Å²) in [6.45, 7) is -0.191. The molecule has 0 atom stereocenters. The first-order valence-electron chi connectivity index (χ1n) is 7.54. The molecule has 0 unspecified atom stereocenters. The Hall–Kier alpha value is -3.00. The molecule has 0 aromatic heterocycles. The number of methoxy groups -OCH3 is 1. The zero-order valence-corrected chi connectivity index (χ0v) is 16.5. The van der Waals surface area contributed by atoms with Crippen molar-refractivity contribution in [2.45, 2.75) is 0 Å². The van der Waals surface area contributed by atoms with E-state index in [1.54, 1.807) is 24.3 Å². The van der Waals surface area contributed by atoms with Crippen LogP contribution in [0.5, 0.6) is 11.5 Å². The fourth-order valence-electron chi connectivity index (χ4n) is 2.15. The van der Waals surface area contributed by atoms with Crippen LogP contribution in [0.15, 0.2) is 46.4 Å². The molecule has 0 saturated carbocycles. The molecular weight excluding hydrogens is 434 g/mol. The molecule has 1 N–H and O–H groups in total. The number of benzene rings is 2. The number of hydrogen-bond acceptors (Lipinski definition) is 5. The van der Waals surface area contributed by atoms with E-state index in [4.69, 9.17) is 26.3 Å². The average Bonchev–Trinajstić information content (AvgIpc) is 2.64. The minimum atomic E-state index is -0.560. The van der Waals surface area contributed by atoms with E-state index in [-0.39, 0.29) is 28.7 Å². The fourth-order valence-corrected chi connectivity index (χ4v) is 2.82. The SMILES string of the molecule is COc1cc(/C=C(/C#N)C(=O)Nc2cccc(Br)c2)cc(Cl)c1OCC#N. The third kappa shape index (κ3) is 5.49. The summed E-state index contributed by atoms with van der Waals surface area (Å²) >= 11 is 9.49. The summed E-state index contributed by atoms with van der Waals surface area (Å²) in [6.07, 6.45) is 1.38. The minimum absolute atomic E-state index is 0.112. The van der Waals surface area contributed by atoms with Gasteiger partial charge in [-0.2, -0.15) is 10.5 Å². The quantitative estimate of drug-likeness (QED) is 0.518. The smallest absolute Gasteiger partial charge is 0.266 e. The van der Waals surface area contributed by atoms with Crippen molar-refractivity contribution < 1.29 is 14.3 Å². The van der Waals surface area contributed by atoms with Gasteiger partial charge in [-0.1, -0.05) is 33.6 Å². The molecule has 27 heavy (non-hydrogen) atoms. The monoisotopic (exact) mass is 445 g/mol. The number of carbonyl (C=O) groups is 1. The van der Waals surface area contributed by atoms with Gasteiger partial charge in [0.25, 0.3) is 5.91 Å². The highest BCUT2D eigenvalue weighted by atomic mass is 79.9. The lowest BCUT2D eigenvalue weighted by atomic mass is 10.1. The normalized spacial score (nSPS) is 10.5. The summed E-state index contributed by atoms with van der Waals surface area (Å²) in [7, 11) is 1.42. The molecule has 0 aliphatic carbocycles. The summed E-state index contributed by atoms with van der Waals surface area (Å²) < 4.78 is 11.3. The van der Waals surface area contributed by atoms with Crippen LogP contribution in [0, 0.1) is 22.7 Å². The van der Waals surface area contributed by atoms with Crippen molar-refractivity contribution in [3.05, 3.63) is 57.0 Å². The van der Waals surface area contributed by atoms with Crippen LogP contribution in [0.2, 0.25) is 5.02 Å². The molecule has 6 nitrogen and oxygen atoms in total. The summed E-state index contributed by atoms with van der Waals surface area (Å²) in [5, 5.41) is 20.8. The molecule has 2 rings (SSSR count). The van der Waals surface area contributed by atoms with Gasteiger partial charge in [-0.15, -0.1) is 0 Å². The predicted molar refractivity (Wildman–Crippen MR) is 105 cm³/mol. The second-order valence-electron chi connectivity index (χ2n) is 5.12. The lowest BCUT2D eigenvalue weighted by Crippen LogP contribution is -2.13. The fraction of sp³-hybridized carbons (Fsp3) is 0.105. The summed E-state index contributed by atoms with van der Waals surface area (Å²) in [4.78, 5) is 12.4. The molecule has 0 heterocycles. The molecule has 2 aromatic rings. The second kappa shape index (κ2) is 9.63. The van der Waals surface area contributed by atoms with Crippen LogP contribution in [-0.2, 0) is 4.79 Å². The molecule has 0 bridgehead atoms. The highest BCUT2D eigenvalue weighted by Gasteiger charge is 2.14. The standard InChI is InChI=1S/C19H13BrClN3O3/c1-26-17-9-12(8-16(21)18(17)27-6-5-22)7-13(11-23)19(25)24-15-4-2-3-14(20)10-15/h2-4,7-10H,6H2,1H3,(H,24,25)/b13-7-. The highest BCUT2D eigenvalue weighted by Crippen LogP contribution is 2.37. The van der Waals surface area contributed by atoms with Gasteiger partial charge in [0, 0.05) is 10.2 Å². The van der Waals surface area contributed by atoms with Crippen molar-refractivity contribution in [3.63, 3.8) is 0 Å². The number of amides is 1. The number of nitrogens with one attached hydrogen (secondary N) is 1. The Kier molecular flexibility index (Phi) is 7.25. The van der Waals surface area contributed by atoms with Gasteiger partial charge >= 0.3 is 0 Å². The molecule has 8 heteroatoms. The van der Waals surface area contributed by atoms with Crippen LogP contribution in [-0.4, -0.2) is 19.6 Å². The van der Waals surface area contributed by atoms with Gasteiger partial charge in [-0.25, -0.2) is 0 Å². The Morgan fingerprint density at radius 1 is 1.33 bits per heavy atom. The number of rotatable bonds is 6. The third-order valence-electron chi connectivity index (χ3n) is 3.29. The highest BCUT2D eigenvalue weighted by molar-refractivity contribution is 9.10. The van der Waals surface area contributed by atoms with E-state index < -0.39 is 5.91 Å². The van der Waals surface area contributed by atoms with E-state index in [1.165, 1.54) is 19.3 Å². The van der Waals surface area contributed by atoms with Gasteiger partial charge in [0.2, 0.25) is 0 Å². The molecule has 0 radical (unpaired) electrons. The van der Waals surface area contributed by atoms with E-state index in [9.17, 15) is 10.1 Å². The third-order valence-corrected chi connectivity index (χ3v) is 4.07. The van der Waals surface area contributed by atoms with Crippen molar-refractivity contribution >= 4 is 45.2 Å². The molecule has 0 fully saturated rings. The molecule has 0 spiro atoms. The van der Waals surface area contributed by atoms with Gasteiger partial charge in [0.15, 0.2) is 18.1 Å². The number of nitrogens with zero attached hydrogens (tertiary/aromatic N) is 2. The molecule has 0 aliphatic rings. The Morgan fingerprint density at radius 2 is 2.11 bits per heavy atom. The van der Waals surface area contributed by atoms with Crippen molar-refractivity contribution in [1.82, 2.24) is 0 Å². The predicted octanol–water partition coefficient (Wildman–Crippen LogP) is 4.56. The van der Waals surface area contributed by atoms with Crippen LogP contribution in [0.3, 0.4) is 0 Å². The largest absolute Gasteiger partial charge is 0.493 e. The van der Waals surface area contributed by atoms with Gasteiger partial charge in [0.05, 0.1) is 12.1 Å². The summed E-state index contributed by atoms with van der Waals surface area (Å²) in [5.41, 5.74) is 0.910. The lowest BCUT2D eigenvalue weighted by molar-refractivity contribution is -0.112. The summed E-state index contributed by atoms with van der Waals surface area (Å²) in [6, 6.07) is 13.8. The molecule has 2 aromatic carbocycles. The van der Waals surface area contributed by atoms with E-state index in [0.29, 0.717) is 11.3 Å². The molecular formula is C19H13BrClN3O3. The van der Waals surface area contributed by atoms with E-state index in [0.717, 1.165) is 4.47 Å². The van der Waals surface area contributed by atoms with Crippen molar-refractivity contribution in [3.8, 4) is 23.6 Å². The van der Waals surface area contributed by atoms with Gasteiger partial charge in [0.1, 0.15) is 17.7 Å². The van der Waals surface area contributed by atoms with E-state index in [2.05, 4.69) is 21.2 Å². The first-order valence-corrected chi connectivity index (χ1v) is 8.71. The molecule has 0 saturated heterocycles. The Balaban J connectivity index is 2.31. The maximum absolute atomic E-state index is 12.4. The zero-order chi connectivity index (χ0) is 19.8. The van der Waals surface area contributed by atoms with Crippen LogP contribution in [0.1, 0.15) is 5.56 Å². The van der Waals surface area contributed by atoms with Gasteiger partial charge < -0.3 is 14.8 Å². The Labute approximate surface area is 169 Å². The van der Waals surface area contributed by atoms with Gasteiger partial charge in [-0.3, -0.25) is 4.79 Å². The van der Waals surface area contributed by atoms with Crippen LogP contribution in [0.4, 0.5) is 5.69 Å². The maximum atomic E-state index is 12.4. The first-order chi connectivity index (χ1) is 13.0. The lowest BCUT2D eigenvalue weighted by Gasteiger charge is -2.11. The number of nitriles is 2. The number of carbonyl (C=O) groups excluding carboxylic acids is 1. The summed E-state index contributed by atoms with van der Waals surface area (Å²) in [5.74, 6) is -0.0563. The topological polar surface area (TPSA) is 95.1 Å². The van der Waals surface area contributed by atoms with Crippen molar-refractivity contribution in [2.24, 2.45) is 0 Å². The molecule has 0 aliphatic heterocycles. The van der Waals surface area contributed by atoms with Gasteiger partial charge in [-0.05, 0) is 42.0 Å². The molecule has 1 amide bonds. The minimum Gasteiger partial charge on any atom is -0.493 e. The van der Waals surface area contributed by atoms with Crippen molar-refractivity contribution in [1.29, 1.82) is 10.5 Å². The average molecular weight is 447 g/mol. The second-order valence-corrected chi connectivity index (χ2v) is 6.44. The van der Waals surface area contributed by atoms with Crippen LogP contribution < -0.4 is 14.8 Å². The van der Waals surface area contributed by atoms with Crippen LogP contribution >= 0.6 is 27.5 Å². The van der Waals surface area contributed by atoms with E-state index in [1.807, 2.05) is 18.2 Å². The molecule has 136 valence electrons. The number of ether oxygens (including phenoxy) is 2. The number of anilines is 1. The first kappa shape index (κ1) is 20.3. The van der Waals surface area contributed by atoms with E-state index >= 15 is 0 Å². The maximum Gasteiger partial charge on any atom is 0.266 e. The van der Waals surface area contributed by atoms with Crippen LogP contribution in [0.25, 0.3) is 6.08 Å². The van der Waals surface area contributed by atoms with Crippen molar-refractivity contribution in [2.75, 3.05) is 19.0 Å². The Morgan fingerprint density at radius 3 is 2.74 bits per heavy atom. The number of hydrogen-bond donors (Lipinski definition) is 1.